The van der Waals surface area contributed by atoms with Gasteiger partial charge in [-0.3, -0.25) is 0 Å². The number of aromatic nitrogens is 1. The van der Waals surface area contributed by atoms with Crippen molar-refractivity contribution in [3.8, 4) is 5.69 Å². The van der Waals surface area contributed by atoms with Crippen LogP contribution in [0.15, 0.2) is 156 Å². The standard InChI is InChI=1S/C34H25NOSi/c1-4-13-26(14-5-1)35-32-20-11-10-19-30(32)31-25-29(22-23-33(31)35)37(34-21-12-24-36-34,27-15-6-2-7-16-27)28-17-8-3-9-18-28/h1-25H. The first-order valence-corrected chi connectivity index (χ1v) is 14.6. The summed E-state index contributed by atoms with van der Waals surface area (Å²) in [5.41, 5.74) is 3.59. The molecule has 0 radical (unpaired) electrons. The van der Waals surface area contributed by atoms with E-state index in [-0.39, 0.29) is 0 Å². The van der Waals surface area contributed by atoms with E-state index in [4.69, 9.17) is 4.42 Å². The number of furan rings is 1. The molecule has 0 aliphatic carbocycles. The van der Waals surface area contributed by atoms with Crippen LogP contribution in [-0.2, 0) is 0 Å². The highest BCUT2D eigenvalue weighted by atomic mass is 28.3. The van der Waals surface area contributed by atoms with E-state index >= 15 is 0 Å². The molecule has 0 fully saturated rings. The summed E-state index contributed by atoms with van der Waals surface area (Å²) in [6.07, 6.45) is 1.81. The number of hydrogen-bond acceptors (Lipinski definition) is 1. The molecule has 2 nitrogen and oxygen atoms in total. The Morgan fingerprint density at radius 1 is 0.459 bits per heavy atom. The van der Waals surface area contributed by atoms with E-state index in [0.717, 1.165) is 5.38 Å². The molecule has 176 valence electrons. The van der Waals surface area contributed by atoms with Crippen LogP contribution in [0.4, 0.5) is 0 Å². The fourth-order valence-electron chi connectivity index (χ4n) is 5.86. The predicted molar refractivity (Wildman–Crippen MR) is 157 cm³/mol. The van der Waals surface area contributed by atoms with Crippen molar-refractivity contribution in [2.75, 3.05) is 0 Å². The van der Waals surface area contributed by atoms with E-state index in [1.165, 1.54) is 43.1 Å². The third-order valence-corrected chi connectivity index (χ3v) is 12.0. The Bertz CT molecular complexity index is 1760. The van der Waals surface area contributed by atoms with Crippen LogP contribution in [0.5, 0.6) is 0 Å². The van der Waals surface area contributed by atoms with Crippen molar-refractivity contribution in [3.05, 3.63) is 152 Å². The van der Waals surface area contributed by atoms with Gasteiger partial charge in [0.2, 0.25) is 8.07 Å². The van der Waals surface area contributed by atoms with Crippen molar-refractivity contribution in [3.63, 3.8) is 0 Å². The minimum Gasteiger partial charge on any atom is -0.473 e. The number of hydrogen-bond donors (Lipinski definition) is 0. The molecule has 5 aromatic carbocycles. The van der Waals surface area contributed by atoms with Crippen molar-refractivity contribution in [2.24, 2.45) is 0 Å². The van der Waals surface area contributed by atoms with Gasteiger partial charge in [-0.25, -0.2) is 0 Å². The summed E-state index contributed by atoms with van der Waals surface area (Å²) in [5, 5.41) is 7.47. The molecule has 0 aliphatic rings. The molecule has 7 rings (SSSR count). The summed E-state index contributed by atoms with van der Waals surface area (Å²) < 4.78 is 8.66. The van der Waals surface area contributed by atoms with Crippen LogP contribution in [0.25, 0.3) is 27.5 Å². The minimum absolute atomic E-state index is 1.04. The second-order valence-electron chi connectivity index (χ2n) is 9.38. The van der Waals surface area contributed by atoms with Gasteiger partial charge in [0.1, 0.15) is 0 Å². The first-order chi connectivity index (χ1) is 18.4. The number of benzene rings is 5. The maximum absolute atomic E-state index is 6.29. The van der Waals surface area contributed by atoms with Crippen LogP contribution >= 0.6 is 0 Å². The van der Waals surface area contributed by atoms with Gasteiger partial charge in [0.25, 0.3) is 0 Å². The van der Waals surface area contributed by atoms with Gasteiger partial charge in [0.15, 0.2) is 0 Å². The monoisotopic (exact) mass is 491 g/mol. The van der Waals surface area contributed by atoms with E-state index in [1.807, 2.05) is 12.3 Å². The van der Waals surface area contributed by atoms with Crippen LogP contribution in [0.1, 0.15) is 0 Å². The number of para-hydroxylation sites is 2. The Balaban J connectivity index is 1.60. The Labute approximate surface area is 217 Å². The molecule has 7 aromatic rings. The van der Waals surface area contributed by atoms with Crippen molar-refractivity contribution >= 4 is 50.8 Å². The van der Waals surface area contributed by atoms with Gasteiger partial charge in [0.05, 0.1) is 22.7 Å². The molecule has 3 heteroatoms. The third-order valence-electron chi connectivity index (χ3n) is 7.42. The molecule has 0 atom stereocenters. The molecular formula is C34H25NOSi. The zero-order valence-corrected chi connectivity index (χ0v) is 21.3. The summed E-state index contributed by atoms with van der Waals surface area (Å²) in [4.78, 5) is 0. The number of rotatable bonds is 5. The van der Waals surface area contributed by atoms with Crippen LogP contribution in [-0.4, -0.2) is 12.6 Å². The lowest BCUT2D eigenvalue weighted by Crippen LogP contribution is -2.74. The third kappa shape index (κ3) is 3.32. The average molecular weight is 492 g/mol. The first-order valence-electron chi connectivity index (χ1n) is 12.6. The molecule has 0 saturated heterocycles. The van der Waals surface area contributed by atoms with Gasteiger partial charge in [-0.15, -0.1) is 0 Å². The zero-order valence-electron chi connectivity index (χ0n) is 20.3. The number of fused-ring (bicyclic) bond motifs is 3. The van der Waals surface area contributed by atoms with E-state index in [0.29, 0.717) is 0 Å². The Morgan fingerprint density at radius 2 is 1.05 bits per heavy atom. The summed E-state index contributed by atoms with van der Waals surface area (Å²) in [6.45, 7) is 0. The summed E-state index contributed by atoms with van der Waals surface area (Å²) in [6, 6.07) is 52.4. The fourth-order valence-corrected chi connectivity index (χ4v) is 10.4. The number of nitrogens with zero attached hydrogens (tertiary/aromatic N) is 1. The molecule has 0 aliphatic heterocycles. The topological polar surface area (TPSA) is 18.1 Å². The molecule has 2 aromatic heterocycles. The average Bonchev–Trinajstić information content (AvgIpc) is 3.62. The summed E-state index contributed by atoms with van der Waals surface area (Å²) in [7, 11) is -2.70. The molecule has 0 bridgehead atoms. The minimum atomic E-state index is -2.70. The van der Waals surface area contributed by atoms with Gasteiger partial charge in [-0.1, -0.05) is 109 Å². The van der Waals surface area contributed by atoms with Gasteiger partial charge in [-0.05, 0) is 52.0 Å². The first kappa shape index (κ1) is 21.7. The lowest BCUT2D eigenvalue weighted by molar-refractivity contribution is 0.599. The molecule has 2 heterocycles. The van der Waals surface area contributed by atoms with E-state index < -0.39 is 8.07 Å². The van der Waals surface area contributed by atoms with Crippen LogP contribution in [0.3, 0.4) is 0 Å². The molecule has 0 unspecified atom stereocenters. The van der Waals surface area contributed by atoms with Crippen LogP contribution in [0.2, 0.25) is 0 Å². The van der Waals surface area contributed by atoms with Crippen LogP contribution in [0, 0.1) is 0 Å². The lowest BCUT2D eigenvalue weighted by atomic mass is 10.1. The molecule has 0 spiro atoms. The van der Waals surface area contributed by atoms with E-state index in [2.05, 4.69) is 144 Å². The highest BCUT2D eigenvalue weighted by Gasteiger charge is 2.44. The maximum atomic E-state index is 6.29. The Morgan fingerprint density at radius 3 is 1.70 bits per heavy atom. The van der Waals surface area contributed by atoms with E-state index in [9.17, 15) is 0 Å². The van der Waals surface area contributed by atoms with E-state index in [1.54, 1.807) is 0 Å². The second-order valence-corrected chi connectivity index (χ2v) is 13.1. The predicted octanol–water partition coefficient (Wildman–Crippen LogP) is 5.75. The molecular weight excluding hydrogens is 466 g/mol. The largest absolute Gasteiger partial charge is 0.473 e. The SMILES string of the molecule is c1ccc(-n2c3ccccc3c3cc([Si](c4ccccc4)(c4ccccc4)c4ccco4)ccc32)cc1. The Hall–Kier alpha value is -4.60. The lowest BCUT2D eigenvalue weighted by Gasteiger charge is -2.31. The smallest absolute Gasteiger partial charge is 0.223 e. The van der Waals surface area contributed by atoms with Gasteiger partial charge >= 0.3 is 0 Å². The molecule has 0 N–H and O–H groups in total. The van der Waals surface area contributed by atoms with Crippen molar-refractivity contribution < 1.29 is 4.42 Å². The molecule has 0 saturated carbocycles. The second kappa shape index (κ2) is 8.81. The molecule has 0 amide bonds. The van der Waals surface area contributed by atoms with Crippen molar-refractivity contribution in [1.29, 1.82) is 0 Å². The zero-order chi connectivity index (χ0) is 24.7. The highest BCUT2D eigenvalue weighted by molar-refractivity contribution is 7.19. The van der Waals surface area contributed by atoms with Crippen molar-refractivity contribution in [2.45, 2.75) is 0 Å². The maximum Gasteiger partial charge on any atom is 0.223 e. The fraction of sp³-hybridized carbons (Fsp3) is 0. The highest BCUT2D eigenvalue weighted by Crippen LogP contribution is 2.31. The summed E-state index contributed by atoms with van der Waals surface area (Å²) >= 11 is 0. The van der Waals surface area contributed by atoms with Gasteiger partial charge < -0.3 is 8.98 Å². The quantitative estimate of drug-likeness (QED) is 0.221. The van der Waals surface area contributed by atoms with Crippen LogP contribution < -0.4 is 20.9 Å². The van der Waals surface area contributed by atoms with Gasteiger partial charge in [-0.2, -0.15) is 0 Å². The van der Waals surface area contributed by atoms with Gasteiger partial charge in [0, 0.05) is 16.5 Å². The summed E-state index contributed by atoms with van der Waals surface area (Å²) in [5.74, 6) is 0. The molecule has 37 heavy (non-hydrogen) atoms. The Kier molecular flexibility index (Phi) is 5.16. The van der Waals surface area contributed by atoms with Crippen molar-refractivity contribution in [1.82, 2.24) is 4.57 Å². The normalized spacial score (nSPS) is 11.8.